The summed E-state index contributed by atoms with van der Waals surface area (Å²) in [5, 5.41) is 4.80. The van der Waals surface area contributed by atoms with Gasteiger partial charge in [-0.3, -0.25) is 0 Å². The average molecular weight is 480 g/mol. The fourth-order valence-electron chi connectivity index (χ4n) is 3.37. The number of ether oxygens (including phenoxy) is 1. The summed E-state index contributed by atoms with van der Waals surface area (Å²) >= 11 is 11.9. The van der Waals surface area contributed by atoms with Crippen molar-refractivity contribution in [2.45, 2.75) is 19.8 Å². The van der Waals surface area contributed by atoms with Crippen LogP contribution in [0.3, 0.4) is 0 Å². The second-order valence-corrected chi connectivity index (χ2v) is 8.34. The molecule has 1 heterocycles. The van der Waals surface area contributed by atoms with Gasteiger partial charge in [0, 0.05) is 27.8 Å². The number of nitrogens with one attached hydrogen (secondary N) is 1. The lowest BCUT2D eigenvalue weighted by molar-refractivity contribution is 0.105. The minimum atomic E-state index is 0.114. The highest BCUT2D eigenvalue weighted by atomic mass is 35.5. The monoisotopic (exact) mass is 479 g/mol. The van der Waals surface area contributed by atoms with Crippen molar-refractivity contribution in [2.24, 2.45) is 0 Å². The van der Waals surface area contributed by atoms with Crippen molar-refractivity contribution in [1.29, 1.82) is 0 Å². The highest BCUT2D eigenvalue weighted by Gasteiger charge is 2.14. The van der Waals surface area contributed by atoms with Crippen LogP contribution in [0.15, 0.2) is 72.8 Å². The fourth-order valence-corrected chi connectivity index (χ4v) is 3.62. The zero-order valence-electron chi connectivity index (χ0n) is 17.8. The molecule has 0 bridgehead atoms. The quantitative estimate of drug-likeness (QED) is 0.289. The zero-order chi connectivity index (χ0) is 23.2. The predicted octanol–water partition coefficient (Wildman–Crippen LogP) is 5.94. The van der Waals surface area contributed by atoms with E-state index in [1.165, 1.54) is 0 Å². The van der Waals surface area contributed by atoms with Crippen molar-refractivity contribution in [3.63, 3.8) is 0 Å². The lowest BCUT2D eigenvalue weighted by Crippen LogP contribution is -2.08. The van der Waals surface area contributed by atoms with Gasteiger partial charge in [0.15, 0.2) is 0 Å². The molecule has 4 aromatic rings. The van der Waals surface area contributed by atoms with E-state index < -0.39 is 0 Å². The molecule has 0 aliphatic carbocycles. The summed E-state index contributed by atoms with van der Waals surface area (Å²) in [5.41, 5.74) is 17.4. The van der Waals surface area contributed by atoms with Crippen LogP contribution in [0.5, 0.6) is 0 Å². The van der Waals surface area contributed by atoms with Crippen LogP contribution in [0, 0.1) is 0 Å². The summed E-state index contributed by atoms with van der Waals surface area (Å²) in [6.07, 6.45) is 0. The molecule has 1 aromatic heterocycles. The van der Waals surface area contributed by atoms with Gasteiger partial charge in [0.05, 0.1) is 18.9 Å². The Balaban J connectivity index is 1.46. The number of hydrogen-bond donors (Lipinski definition) is 3. The highest BCUT2D eigenvalue weighted by molar-refractivity contribution is 6.30. The Bertz CT molecular complexity index is 1210. The number of nitrogen functional groups attached to an aromatic ring is 2. The van der Waals surface area contributed by atoms with Gasteiger partial charge < -0.3 is 21.5 Å². The van der Waals surface area contributed by atoms with E-state index in [1.54, 1.807) is 0 Å². The van der Waals surface area contributed by atoms with E-state index in [1.807, 2.05) is 72.8 Å². The van der Waals surface area contributed by atoms with Gasteiger partial charge in [0.2, 0.25) is 5.95 Å². The number of halogens is 2. The zero-order valence-corrected chi connectivity index (χ0v) is 19.3. The Morgan fingerprint density at radius 3 is 1.97 bits per heavy atom. The van der Waals surface area contributed by atoms with Gasteiger partial charge >= 0.3 is 0 Å². The van der Waals surface area contributed by atoms with Gasteiger partial charge in [-0.25, -0.2) is 4.98 Å². The first-order chi connectivity index (χ1) is 16.0. The van der Waals surface area contributed by atoms with Gasteiger partial charge in [0.1, 0.15) is 5.82 Å². The van der Waals surface area contributed by atoms with Crippen molar-refractivity contribution >= 4 is 40.7 Å². The molecule has 0 atom stereocenters. The molecule has 0 spiro atoms. The molecule has 168 valence electrons. The first-order valence-corrected chi connectivity index (χ1v) is 11.1. The molecule has 3 aromatic carbocycles. The van der Waals surface area contributed by atoms with Crippen LogP contribution in [-0.4, -0.2) is 9.97 Å². The Morgan fingerprint density at radius 1 is 0.727 bits per heavy atom. The first-order valence-electron chi connectivity index (χ1n) is 10.3. The number of anilines is 3. The first kappa shape index (κ1) is 22.9. The molecule has 33 heavy (non-hydrogen) atoms. The molecule has 4 rings (SSSR count). The number of benzene rings is 3. The maximum atomic E-state index is 6.21. The molecular weight excluding hydrogens is 457 g/mol. The predicted molar refractivity (Wildman–Crippen MR) is 135 cm³/mol. The molecule has 0 saturated heterocycles. The lowest BCUT2D eigenvalue weighted by atomic mass is 10.0. The van der Waals surface area contributed by atoms with Gasteiger partial charge in [-0.05, 0) is 53.1 Å². The molecular formula is C25H23Cl2N5O. The maximum absolute atomic E-state index is 6.21. The van der Waals surface area contributed by atoms with Gasteiger partial charge in [0.25, 0.3) is 0 Å². The Labute approximate surface area is 202 Å². The number of hydrogen-bond acceptors (Lipinski definition) is 6. The second-order valence-electron chi connectivity index (χ2n) is 7.47. The topological polar surface area (TPSA) is 99.1 Å². The van der Waals surface area contributed by atoms with Crippen LogP contribution < -0.4 is 16.8 Å². The molecule has 0 radical (unpaired) electrons. The second kappa shape index (κ2) is 10.5. The number of aromatic nitrogens is 2. The van der Waals surface area contributed by atoms with Crippen molar-refractivity contribution in [1.82, 2.24) is 9.97 Å². The molecule has 0 unspecified atom stereocenters. The van der Waals surface area contributed by atoms with Crippen LogP contribution in [0.1, 0.15) is 16.8 Å². The van der Waals surface area contributed by atoms with Crippen molar-refractivity contribution in [2.75, 3.05) is 16.8 Å². The van der Waals surface area contributed by atoms with Crippen molar-refractivity contribution in [3.05, 3.63) is 99.7 Å². The van der Waals surface area contributed by atoms with Gasteiger partial charge in [-0.15, -0.1) is 0 Å². The van der Waals surface area contributed by atoms with Gasteiger partial charge in [-0.1, -0.05) is 59.6 Å². The summed E-state index contributed by atoms with van der Waals surface area (Å²) in [4.78, 5) is 8.52. The summed E-state index contributed by atoms with van der Waals surface area (Å²) < 4.78 is 5.87. The third kappa shape index (κ3) is 6.14. The van der Waals surface area contributed by atoms with Gasteiger partial charge in [-0.2, -0.15) is 4.98 Å². The van der Waals surface area contributed by atoms with Crippen LogP contribution in [0.4, 0.5) is 17.5 Å². The van der Waals surface area contributed by atoms with E-state index >= 15 is 0 Å². The fraction of sp³-hybridized carbons (Fsp3) is 0.120. The summed E-state index contributed by atoms with van der Waals surface area (Å²) in [6, 6.07) is 23.1. The summed E-state index contributed by atoms with van der Waals surface area (Å²) in [5.74, 6) is 0.428. The molecule has 0 amide bonds. The Morgan fingerprint density at radius 2 is 1.33 bits per heavy atom. The molecule has 0 aliphatic heterocycles. The Hall–Kier alpha value is -3.32. The molecule has 0 saturated carbocycles. The third-order valence-corrected chi connectivity index (χ3v) is 5.54. The minimum absolute atomic E-state index is 0.114. The summed E-state index contributed by atoms with van der Waals surface area (Å²) in [7, 11) is 0. The SMILES string of the molecule is Nc1nc(N)c(-c2ccc(NCc3ccc(Cl)cc3)cc2)c(COCc2ccc(Cl)cc2)n1. The largest absolute Gasteiger partial charge is 0.383 e. The molecule has 5 N–H and O–H groups in total. The van der Waals surface area contributed by atoms with E-state index in [0.717, 1.165) is 27.4 Å². The Kier molecular flexibility index (Phi) is 7.29. The smallest absolute Gasteiger partial charge is 0.222 e. The standard InChI is InChI=1S/C25H23Cl2N5O/c26-19-7-1-16(2-8-19)13-30-21-11-5-18(6-12-21)23-22(31-25(29)32-24(23)28)15-33-14-17-3-9-20(27)10-4-17/h1-12,30H,13-15H2,(H4,28,29,31,32). The van der Waals surface area contributed by atoms with Crippen LogP contribution in [-0.2, 0) is 24.5 Å². The number of rotatable bonds is 8. The molecule has 8 heteroatoms. The normalized spacial score (nSPS) is 10.8. The van der Waals surface area contributed by atoms with E-state index in [-0.39, 0.29) is 12.6 Å². The number of nitrogens with two attached hydrogens (primary N) is 2. The molecule has 0 aliphatic rings. The van der Waals surface area contributed by atoms with E-state index in [0.29, 0.717) is 35.2 Å². The molecule has 0 fully saturated rings. The molecule has 6 nitrogen and oxygen atoms in total. The van der Waals surface area contributed by atoms with Crippen LogP contribution >= 0.6 is 23.2 Å². The average Bonchev–Trinajstić information content (AvgIpc) is 2.80. The third-order valence-electron chi connectivity index (χ3n) is 5.03. The lowest BCUT2D eigenvalue weighted by Gasteiger charge is -2.14. The van der Waals surface area contributed by atoms with E-state index in [2.05, 4.69) is 15.3 Å². The van der Waals surface area contributed by atoms with Crippen molar-refractivity contribution in [3.8, 4) is 11.1 Å². The van der Waals surface area contributed by atoms with Crippen LogP contribution in [0.2, 0.25) is 10.0 Å². The minimum Gasteiger partial charge on any atom is -0.383 e. The van der Waals surface area contributed by atoms with Crippen LogP contribution in [0.25, 0.3) is 11.1 Å². The van der Waals surface area contributed by atoms with Crippen molar-refractivity contribution < 1.29 is 4.74 Å². The van der Waals surface area contributed by atoms with E-state index in [4.69, 9.17) is 39.4 Å². The summed E-state index contributed by atoms with van der Waals surface area (Å²) in [6.45, 7) is 1.34. The highest BCUT2D eigenvalue weighted by Crippen LogP contribution is 2.30. The van der Waals surface area contributed by atoms with E-state index in [9.17, 15) is 0 Å². The number of nitrogens with zero attached hydrogens (tertiary/aromatic N) is 2. The maximum Gasteiger partial charge on any atom is 0.222 e.